The number of benzene rings is 2. The van der Waals surface area contributed by atoms with Crippen molar-refractivity contribution in [2.75, 3.05) is 30.7 Å². The normalized spacial score (nSPS) is 16.8. The molecule has 0 saturated carbocycles. The number of hydrogen-bond acceptors (Lipinski definition) is 6. The number of halogens is 2. The molecule has 2 aliphatic rings. The van der Waals surface area contributed by atoms with Gasteiger partial charge in [-0.3, -0.25) is 9.59 Å². The number of carbonyl (C=O) groups excluding carboxylic acids is 4. The van der Waals surface area contributed by atoms with Crippen molar-refractivity contribution >= 4 is 67.0 Å². The van der Waals surface area contributed by atoms with Crippen LogP contribution in [-0.4, -0.2) is 70.9 Å². The molecule has 2 aromatic carbocycles. The molecule has 2 aromatic rings. The Bertz CT molecular complexity index is 1310. The Morgan fingerprint density at radius 3 is 2.37 bits per heavy atom. The predicted octanol–water partition coefficient (Wildman–Crippen LogP) is 5.34. The number of ketones is 1. The summed E-state index contributed by atoms with van der Waals surface area (Å²) in [5, 5.41) is 5.62. The number of hydrogen-bond donors (Lipinski definition) is 3. The van der Waals surface area contributed by atoms with Crippen LogP contribution in [-0.2, 0) is 16.0 Å². The van der Waals surface area contributed by atoms with Gasteiger partial charge in [-0.15, -0.1) is 0 Å². The number of piperidine rings is 1. The molecule has 4 rings (SSSR count). The van der Waals surface area contributed by atoms with Crippen LogP contribution in [0.4, 0.5) is 21.0 Å². The average Bonchev–Trinajstić information content (AvgIpc) is 3.07. The number of amides is 4. The number of Topliss-reactive ketones (excluding diaryl/α,β-unsaturated/α-hetero) is 1. The Labute approximate surface area is 256 Å². The van der Waals surface area contributed by atoms with Crippen molar-refractivity contribution in [3.8, 4) is 0 Å². The number of para-hydroxylation sites is 1. The van der Waals surface area contributed by atoms with Gasteiger partial charge in [-0.1, -0.05) is 18.2 Å². The number of nitrogen functional groups attached to an aromatic ring is 1. The molecule has 0 bridgehead atoms. The third-order valence-electron chi connectivity index (χ3n) is 7.14. The van der Waals surface area contributed by atoms with Crippen LogP contribution in [0, 0.1) is 0 Å². The molecule has 0 aliphatic carbocycles. The molecular formula is C29H35Br2N5O5. The van der Waals surface area contributed by atoms with E-state index in [2.05, 4.69) is 42.5 Å². The van der Waals surface area contributed by atoms with Gasteiger partial charge in [0.2, 0.25) is 5.91 Å². The summed E-state index contributed by atoms with van der Waals surface area (Å²) in [4.78, 5) is 56.0. The Kier molecular flexibility index (Phi) is 9.63. The lowest BCUT2D eigenvalue weighted by Crippen LogP contribution is -2.55. The van der Waals surface area contributed by atoms with E-state index in [0.29, 0.717) is 52.7 Å². The third kappa shape index (κ3) is 7.79. The maximum Gasteiger partial charge on any atom is 0.408 e. The van der Waals surface area contributed by atoms with Crippen molar-refractivity contribution < 1.29 is 23.9 Å². The van der Waals surface area contributed by atoms with Gasteiger partial charge in [-0.05, 0) is 95.7 Å². The van der Waals surface area contributed by atoms with Crippen LogP contribution in [0.15, 0.2) is 45.3 Å². The predicted molar refractivity (Wildman–Crippen MR) is 164 cm³/mol. The molecule has 4 N–H and O–H groups in total. The zero-order valence-electron chi connectivity index (χ0n) is 23.3. The molecule has 1 atom stereocenters. The fourth-order valence-corrected chi connectivity index (χ4v) is 6.24. The Balaban J connectivity index is 1.44. The quantitative estimate of drug-likeness (QED) is 0.277. The first kappa shape index (κ1) is 30.8. The molecule has 10 nitrogen and oxygen atoms in total. The fourth-order valence-electron chi connectivity index (χ4n) is 5.05. The molecule has 220 valence electrons. The number of ether oxygens (including phenoxy) is 1. The number of nitrogens with one attached hydrogen (secondary N) is 2. The highest BCUT2D eigenvalue weighted by Crippen LogP contribution is 2.30. The minimum atomic E-state index is -1.13. The zero-order chi connectivity index (χ0) is 29.9. The average molecular weight is 693 g/mol. The topological polar surface area (TPSA) is 134 Å². The molecule has 0 aromatic heterocycles. The van der Waals surface area contributed by atoms with Gasteiger partial charge in [-0.25, -0.2) is 9.59 Å². The minimum Gasteiger partial charge on any atom is -0.444 e. The van der Waals surface area contributed by atoms with Crippen LogP contribution in [0.5, 0.6) is 0 Å². The lowest BCUT2D eigenvalue weighted by molar-refractivity contribution is -0.134. The molecule has 1 fully saturated rings. The number of likely N-dealkylation sites (tertiary alicyclic amines) is 1. The number of nitrogens with two attached hydrogens (primary N) is 1. The van der Waals surface area contributed by atoms with E-state index in [4.69, 9.17) is 10.5 Å². The van der Waals surface area contributed by atoms with Gasteiger partial charge >= 0.3 is 12.1 Å². The summed E-state index contributed by atoms with van der Waals surface area (Å²) in [6.07, 6.45) is 0.878. The summed E-state index contributed by atoms with van der Waals surface area (Å²) in [6, 6.07) is 9.66. The number of anilines is 2. The van der Waals surface area contributed by atoms with E-state index >= 15 is 0 Å². The lowest BCUT2D eigenvalue weighted by atomic mass is 9.99. The van der Waals surface area contributed by atoms with Gasteiger partial charge in [-0.2, -0.15) is 0 Å². The molecule has 0 radical (unpaired) electrons. The van der Waals surface area contributed by atoms with E-state index in [0.717, 1.165) is 17.7 Å². The van der Waals surface area contributed by atoms with E-state index in [-0.39, 0.29) is 30.2 Å². The van der Waals surface area contributed by atoms with Gasteiger partial charge in [0, 0.05) is 52.3 Å². The number of urea groups is 1. The molecule has 12 heteroatoms. The van der Waals surface area contributed by atoms with Crippen molar-refractivity contribution in [2.45, 2.75) is 64.1 Å². The van der Waals surface area contributed by atoms with Crippen molar-refractivity contribution in [2.24, 2.45) is 0 Å². The molecule has 41 heavy (non-hydrogen) atoms. The Morgan fingerprint density at radius 2 is 1.73 bits per heavy atom. The third-order valence-corrected chi connectivity index (χ3v) is 8.45. The summed E-state index contributed by atoms with van der Waals surface area (Å²) in [7, 11) is 0. The Morgan fingerprint density at radius 1 is 1.10 bits per heavy atom. The SMILES string of the molecule is CC(C)(C)OC(=O)NC(CC(=O)c1cc(Br)c(N)c(Br)c1)C(=O)N1CCC(N2CCc3ccccc3NC2=O)CC1. The highest BCUT2D eigenvalue weighted by atomic mass is 79.9. The van der Waals surface area contributed by atoms with E-state index in [1.807, 2.05) is 29.2 Å². The molecule has 0 spiro atoms. The number of fused-ring (bicyclic) bond motifs is 1. The number of rotatable bonds is 6. The van der Waals surface area contributed by atoms with Crippen molar-refractivity contribution in [1.82, 2.24) is 15.1 Å². The van der Waals surface area contributed by atoms with E-state index in [9.17, 15) is 19.2 Å². The van der Waals surface area contributed by atoms with Crippen LogP contribution in [0.1, 0.15) is 56.0 Å². The van der Waals surface area contributed by atoms with Gasteiger partial charge in [0.05, 0.1) is 5.69 Å². The van der Waals surface area contributed by atoms with Crippen LogP contribution in [0.25, 0.3) is 0 Å². The molecule has 2 aliphatic heterocycles. The van der Waals surface area contributed by atoms with Gasteiger partial charge in [0.25, 0.3) is 0 Å². The minimum absolute atomic E-state index is 0.0308. The van der Waals surface area contributed by atoms with Crippen molar-refractivity contribution in [3.05, 3.63) is 56.5 Å². The van der Waals surface area contributed by atoms with Crippen molar-refractivity contribution in [1.29, 1.82) is 0 Å². The summed E-state index contributed by atoms with van der Waals surface area (Å²) < 4.78 is 6.46. The van der Waals surface area contributed by atoms with Gasteiger partial charge in [0.1, 0.15) is 11.6 Å². The highest BCUT2D eigenvalue weighted by molar-refractivity contribution is 9.11. The number of carbonyl (C=O) groups is 4. The number of alkyl carbamates (subject to hydrolysis) is 1. The standard InChI is InChI=1S/C29H35Br2N5O5/c1-29(2,3)41-28(40)34-23(16-24(37)18-14-20(30)25(32)21(31)15-18)26(38)35-11-9-19(10-12-35)36-13-8-17-6-4-5-7-22(17)33-27(36)39/h4-7,14-15,19,23H,8-13,16,32H2,1-3H3,(H,33,39)(H,34,40). The first-order valence-electron chi connectivity index (χ1n) is 13.5. The fraction of sp³-hybridized carbons (Fsp3) is 0.448. The van der Waals surface area contributed by atoms with Crippen LogP contribution in [0.3, 0.4) is 0 Å². The maximum absolute atomic E-state index is 13.7. The van der Waals surface area contributed by atoms with E-state index in [1.165, 1.54) is 0 Å². The second kappa shape index (κ2) is 12.8. The number of nitrogens with zero attached hydrogens (tertiary/aromatic N) is 2. The lowest BCUT2D eigenvalue weighted by Gasteiger charge is -2.39. The molecule has 2 heterocycles. The largest absolute Gasteiger partial charge is 0.444 e. The highest BCUT2D eigenvalue weighted by Gasteiger charge is 2.35. The summed E-state index contributed by atoms with van der Waals surface area (Å²) in [6.45, 7) is 6.53. The van der Waals surface area contributed by atoms with E-state index in [1.54, 1.807) is 37.8 Å². The smallest absolute Gasteiger partial charge is 0.408 e. The zero-order valence-corrected chi connectivity index (χ0v) is 26.5. The first-order valence-corrected chi connectivity index (χ1v) is 15.1. The molecule has 1 unspecified atom stereocenters. The van der Waals surface area contributed by atoms with Crippen LogP contribution < -0.4 is 16.4 Å². The second-order valence-electron chi connectivity index (χ2n) is 11.3. The van der Waals surface area contributed by atoms with Gasteiger partial charge in [0.15, 0.2) is 5.78 Å². The molecule has 1 saturated heterocycles. The van der Waals surface area contributed by atoms with Crippen LogP contribution >= 0.6 is 31.9 Å². The summed E-state index contributed by atoms with van der Waals surface area (Å²) >= 11 is 6.70. The second-order valence-corrected chi connectivity index (χ2v) is 13.0. The Hall–Kier alpha value is -3.12. The van der Waals surface area contributed by atoms with Crippen molar-refractivity contribution in [3.63, 3.8) is 0 Å². The monoisotopic (exact) mass is 691 g/mol. The van der Waals surface area contributed by atoms with E-state index < -0.39 is 17.7 Å². The molecule has 4 amide bonds. The molecular weight excluding hydrogens is 658 g/mol. The maximum atomic E-state index is 13.7. The first-order chi connectivity index (χ1) is 19.3. The summed E-state index contributed by atoms with van der Waals surface area (Å²) in [5.41, 5.74) is 7.89. The van der Waals surface area contributed by atoms with Gasteiger partial charge < -0.3 is 30.9 Å². The van der Waals surface area contributed by atoms with Crippen LogP contribution in [0.2, 0.25) is 0 Å². The summed E-state index contributed by atoms with van der Waals surface area (Å²) in [5.74, 6) is -0.708.